The molecule has 7 aliphatic rings. The summed E-state index contributed by atoms with van der Waals surface area (Å²) in [5, 5.41) is 27.0. The predicted octanol–water partition coefficient (Wildman–Crippen LogP) is 10.1. The van der Waals surface area contributed by atoms with Crippen LogP contribution in [-0.2, 0) is 9.53 Å². The lowest BCUT2D eigenvalue weighted by molar-refractivity contribution is -0.121. The van der Waals surface area contributed by atoms with E-state index in [-0.39, 0.29) is 91.8 Å². The monoisotopic (exact) mass is 1190 g/mol. The van der Waals surface area contributed by atoms with Gasteiger partial charge in [-0.1, -0.05) is 42.1 Å². The van der Waals surface area contributed by atoms with E-state index in [1.165, 1.54) is 49.4 Å². The third-order valence-corrected chi connectivity index (χ3v) is 19.3. The van der Waals surface area contributed by atoms with Crippen LogP contribution in [0.1, 0.15) is 69.8 Å². The van der Waals surface area contributed by atoms with Crippen molar-refractivity contribution in [1.82, 2.24) is 45.0 Å². The fourth-order valence-corrected chi connectivity index (χ4v) is 15.3. The number of hydrogen-bond acceptors (Lipinski definition) is 16. The summed E-state index contributed by atoms with van der Waals surface area (Å²) in [5.41, 5.74) is -0.146. The molecular formula is C64H62ClF4N11O6. The average molecular weight is 1190 g/mol. The first-order valence-electron chi connectivity index (χ1n) is 29.5. The van der Waals surface area contributed by atoms with E-state index in [4.69, 9.17) is 37.2 Å². The van der Waals surface area contributed by atoms with Crippen molar-refractivity contribution >= 4 is 72.5 Å². The third-order valence-electron chi connectivity index (χ3n) is 18.9. The van der Waals surface area contributed by atoms with Crippen LogP contribution in [0.25, 0.3) is 65.9 Å². The summed E-state index contributed by atoms with van der Waals surface area (Å²) in [7, 11) is 2.21. The van der Waals surface area contributed by atoms with Gasteiger partial charge in [-0.05, 0) is 119 Å². The van der Waals surface area contributed by atoms with Gasteiger partial charge < -0.3 is 44.4 Å². The molecule has 86 heavy (non-hydrogen) atoms. The minimum absolute atomic E-state index is 0.000790. The molecule has 10 heterocycles. The van der Waals surface area contributed by atoms with E-state index >= 15 is 8.78 Å². The largest absolute Gasteiger partial charge is 0.508 e. The number of pyridine rings is 2. The first kappa shape index (κ1) is 55.9. The van der Waals surface area contributed by atoms with Crippen LogP contribution < -0.4 is 24.6 Å². The van der Waals surface area contributed by atoms with Crippen LogP contribution in [0.5, 0.6) is 23.5 Å². The second-order valence-electron chi connectivity index (χ2n) is 24.1. The fraction of sp³-hybridized carbons (Fsp3) is 0.422. The molecule has 8 aromatic rings. The van der Waals surface area contributed by atoms with Crippen molar-refractivity contribution in [3.8, 4) is 58.4 Å². The maximum atomic E-state index is 16.7. The molecule has 6 unspecified atom stereocenters. The number of anilines is 2. The number of rotatable bonds is 10. The van der Waals surface area contributed by atoms with E-state index < -0.39 is 35.2 Å². The lowest BCUT2D eigenvalue weighted by Crippen LogP contribution is -2.50. The Morgan fingerprint density at radius 3 is 2.21 bits per heavy atom. The number of piperidine rings is 1. The molecule has 15 rings (SSSR count). The van der Waals surface area contributed by atoms with Crippen LogP contribution in [-0.4, -0.2) is 158 Å². The first-order chi connectivity index (χ1) is 41.7. The van der Waals surface area contributed by atoms with Gasteiger partial charge in [-0.3, -0.25) is 19.7 Å². The number of phenolic OH excluding ortho intramolecular Hbond substituents is 2. The van der Waals surface area contributed by atoms with Gasteiger partial charge in [-0.2, -0.15) is 19.9 Å². The highest BCUT2D eigenvalue weighted by Crippen LogP contribution is 2.49. The number of hydrogen-bond donors (Lipinski definition) is 3. The number of aromatic nitrogens is 6. The number of piperazine rings is 1. The molecular weight excluding hydrogens is 1130 g/mol. The van der Waals surface area contributed by atoms with Gasteiger partial charge in [0.05, 0.1) is 35.1 Å². The Hall–Kier alpha value is -7.90. The van der Waals surface area contributed by atoms with Gasteiger partial charge in [0.25, 0.3) is 0 Å². The normalized spacial score (nSPS) is 24.7. The van der Waals surface area contributed by atoms with E-state index in [1.807, 2.05) is 11.0 Å². The number of halogens is 5. The Morgan fingerprint density at radius 1 is 0.791 bits per heavy atom. The van der Waals surface area contributed by atoms with E-state index in [1.54, 1.807) is 24.4 Å². The number of terminal acetylenes is 1. The van der Waals surface area contributed by atoms with Gasteiger partial charge in [0.2, 0.25) is 5.91 Å². The smallest absolute Gasteiger partial charge is 0.319 e. The van der Waals surface area contributed by atoms with E-state index in [2.05, 4.69) is 57.9 Å². The van der Waals surface area contributed by atoms with Crippen LogP contribution in [0, 0.1) is 35.2 Å². The second-order valence-corrected chi connectivity index (χ2v) is 24.5. The minimum Gasteiger partial charge on any atom is -0.508 e. The molecule has 1 aliphatic carbocycles. The number of nitrogens with zero attached hydrogens (tertiary/aromatic N) is 10. The zero-order valence-electron chi connectivity index (χ0n) is 47.3. The molecule has 0 radical (unpaired) electrons. The summed E-state index contributed by atoms with van der Waals surface area (Å²) in [6.07, 6.45) is 16.9. The number of aromatic hydroxyl groups is 2. The molecule has 6 atom stereocenters. The van der Waals surface area contributed by atoms with Crippen LogP contribution in [0.15, 0.2) is 67.0 Å². The summed E-state index contributed by atoms with van der Waals surface area (Å²) in [4.78, 5) is 48.7. The molecule has 22 heteroatoms. The van der Waals surface area contributed by atoms with Crippen molar-refractivity contribution in [3.63, 3.8) is 0 Å². The Morgan fingerprint density at radius 2 is 1.48 bits per heavy atom. The third kappa shape index (κ3) is 9.72. The summed E-state index contributed by atoms with van der Waals surface area (Å²) in [6, 6.07) is 13.8. The van der Waals surface area contributed by atoms with Crippen molar-refractivity contribution in [2.75, 3.05) is 82.5 Å². The first-order valence-corrected chi connectivity index (χ1v) is 29.9. The van der Waals surface area contributed by atoms with Gasteiger partial charge in [0, 0.05) is 96.0 Å². The highest BCUT2D eigenvalue weighted by Gasteiger charge is 2.51. The number of amides is 1. The molecule has 1 saturated carbocycles. The van der Waals surface area contributed by atoms with E-state index in [9.17, 15) is 23.8 Å². The predicted molar refractivity (Wildman–Crippen MR) is 318 cm³/mol. The van der Waals surface area contributed by atoms with Crippen LogP contribution >= 0.6 is 11.6 Å². The van der Waals surface area contributed by atoms with Gasteiger partial charge >= 0.3 is 12.0 Å². The number of carbonyl (C=O) groups excluding carboxylic acids is 1. The van der Waals surface area contributed by atoms with E-state index in [0.717, 1.165) is 58.2 Å². The minimum atomic E-state index is -0.952. The Labute approximate surface area is 497 Å². The maximum Gasteiger partial charge on any atom is 0.319 e. The fourth-order valence-electron chi connectivity index (χ4n) is 15.0. The number of carbonyl (C=O) groups is 1. The van der Waals surface area contributed by atoms with Crippen LogP contribution in [0.2, 0.25) is 5.02 Å². The molecule has 1 amide bonds. The zero-order chi connectivity index (χ0) is 59.2. The standard InChI is InChI=1S/C32H35ClFN5O3.C32H27F3N6O3/c1-38-11-4-10-32(9-3-8-25(32)38)19-42-31-36-29-23(30(37-31)39-12-5-14-41-15-13-39)18-35-28(27(29)34)22-17-21(40)16-20-6-2-7-24(33)26(20)22;1-2-20-23(34)5-4-16-8-19(42)10-21(25(16)20)27-26(35)28-22(12-36-27)29(41-14-18-9-24(41)30(43)37-18)39-31(38-28)44-15-32-6-3-7-40(32)13-17(33)11-32/h2,6-7,16-18,25,40H,3-5,8-15,19H2,1H3;1,4-5,8,10,12,17-18,24,42H,3,6-7,9,11,13-15H2,(H,37,43). The molecule has 3 N–H and O–H groups in total. The van der Waals surface area contributed by atoms with Gasteiger partial charge in [0.15, 0.2) is 11.6 Å². The van der Waals surface area contributed by atoms with Crippen LogP contribution in [0.3, 0.4) is 0 Å². The highest BCUT2D eigenvalue weighted by molar-refractivity contribution is 6.36. The van der Waals surface area contributed by atoms with Crippen molar-refractivity contribution in [2.24, 2.45) is 5.41 Å². The summed E-state index contributed by atoms with van der Waals surface area (Å²) in [6.45, 7) is 5.90. The lowest BCUT2D eigenvalue weighted by Gasteiger charge is -2.44. The zero-order valence-corrected chi connectivity index (χ0v) is 48.0. The second kappa shape index (κ2) is 22.1. The molecule has 4 aromatic carbocycles. The Kier molecular flexibility index (Phi) is 14.4. The highest BCUT2D eigenvalue weighted by atomic mass is 35.5. The number of phenols is 2. The number of ether oxygens (including phenoxy) is 3. The topological polar surface area (TPSA) is 188 Å². The molecule has 6 aliphatic heterocycles. The van der Waals surface area contributed by atoms with Crippen molar-refractivity contribution in [2.45, 2.75) is 94.0 Å². The van der Waals surface area contributed by atoms with Crippen molar-refractivity contribution in [1.29, 1.82) is 0 Å². The summed E-state index contributed by atoms with van der Waals surface area (Å²) in [5.74, 6) is 0.786. The number of fused-ring (bicyclic) bond motifs is 8. The molecule has 6 saturated heterocycles. The number of likely N-dealkylation sites (tertiary alicyclic amines) is 1. The van der Waals surface area contributed by atoms with E-state index in [0.29, 0.717) is 102 Å². The molecule has 2 bridgehead atoms. The van der Waals surface area contributed by atoms with Gasteiger partial charge in [0.1, 0.15) is 70.2 Å². The number of benzene rings is 4. The SMILES string of the molecule is C#Cc1c(F)ccc2cc(O)cc(-c3ncc4c(N5CC6CC5C(=O)N6)nc(OCC56CCCN5CC(F)C6)nc4c3F)c12.CN1CCCC2(COc3nc(N4CCCOCC4)c4cnc(-c5cc(O)cc6cccc(Cl)c56)c(F)c4n3)CCCC12. The van der Waals surface area contributed by atoms with Crippen molar-refractivity contribution in [3.05, 3.63) is 95.0 Å². The van der Waals surface area contributed by atoms with Crippen LogP contribution in [0.4, 0.5) is 29.2 Å². The van der Waals surface area contributed by atoms with Crippen molar-refractivity contribution < 1.29 is 46.8 Å². The van der Waals surface area contributed by atoms with Gasteiger partial charge in [-0.25, -0.2) is 17.6 Å². The maximum absolute atomic E-state index is 16.7. The van der Waals surface area contributed by atoms with Gasteiger partial charge in [-0.15, -0.1) is 6.42 Å². The molecule has 7 fully saturated rings. The number of nitrogens with one attached hydrogen (secondary N) is 1. The molecule has 444 valence electrons. The molecule has 17 nitrogen and oxygen atoms in total. The summed E-state index contributed by atoms with van der Waals surface area (Å²) < 4.78 is 80.7. The molecule has 0 spiro atoms. The quantitative estimate of drug-likeness (QED) is 0.0866. The number of alkyl halides is 1. The Bertz CT molecular complexity index is 4100. The summed E-state index contributed by atoms with van der Waals surface area (Å²) >= 11 is 6.57. The molecule has 4 aromatic heterocycles. The Balaban J connectivity index is 0.000000152. The lowest BCUT2D eigenvalue weighted by atomic mass is 9.76. The average Bonchev–Trinajstić information content (AvgIpc) is 1.93.